The third-order valence-corrected chi connectivity index (χ3v) is 3.13. The van der Waals surface area contributed by atoms with Gasteiger partial charge in [-0.1, -0.05) is 5.21 Å². The van der Waals surface area contributed by atoms with Gasteiger partial charge in [-0.2, -0.15) is 9.78 Å². The smallest absolute Gasteiger partial charge is 0.292 e. The predicted molar refractivity (Wildman–Crippen MR) is 83.2 cm³/mol. The lowest BCUT2D eigenvalue weighted by Gasteiger charge is -2.03. The molecule has 12 heteroatoms. The zero-order valence-electron chi connectivity index (χ0n) is 12.8. The molecule has 3 rings (SSSR count). The molecule has 0 atom stereocenters. The second-order valence-electron chi connectivity index (χ2n) is 4.85. The van der Waals surface area contributed by atoms with Crippen LogP contribution in [0.3, 0.4) is 0 Å². The van der Waals surface area contributed by atoms with Crippen molar-refractivity contribution >= 4 is 17.9 Å². The minimum Gasteiger partial charge on any atom is -0.508 e. The summed E-state index contributed by atoms with van der Waals surface area (Å²) in [7, 11) is 0. The summed E-state index contributed by atoms with van der Waals surface area (Å²) in [5, 5.41) is 37.2. The Labute approximate surface area is 139 Å². The molecule has 1 aromatic carbocycles. The number of amides is 1. The van der Waals surface area contributed by atoms with Gasteiger partial charge in [0.2, 0.25) is 11.6 Å². The van der Waals surface area contributed by atoms with Crippen LogP contribution in [0.1, 0.15) is 21.7 Å². The normalized spacial score (nSPS) is 11.1. The molecular weight excluding hydrogens is 332 g/mol. The maximum Gasteiger partial charge on any atom is 0.292 e. The van der Waals surface area contributed by atoms with E-state index in [4.69, 9.17) is 5.73 Å². The molecule has 0 aliphatic rings. The van der Waals surface area contributed by atoms with Crippen molar-refractivity contribution in [2.45, 2.75) is 6.92 Å². The van der Waals surface area contributed by atoms with Gasteiger partial charge in [0.1, 0.15) is 11.5 Å². The number of hydrogen-bond acceptors (Lipinski definition) is 10. The van der Waals surface area contributed by atoms with Crippen molar-refractivity contribution in [1.29, 1.82) is 0 Å². The molecular formula is C13H12N8O4. The van der Waals surface area contributed by atoms with E-state index in [0.717, 1.165) is 10.7 Å². The monoisotopic (exact) mass is 344 g/mol. The van der Waals surface area contributed by atoms with Crippen LogP contribution in [-0.2, 0) is 0 Å². The zero-order valence-corrected chi connectivity index (χ0v) is 12.8. The van der Waals surface area contributed by atoms with E-state index in [0.29, 0.717) is 11.3 Å². The highest BCUT2D eigenvalue weighted by Gasteiger charge is 2.22. The van der Waals surface area contributed by atoms with Crippen molar-refractivity contribution in [2.24, 2.45) is 5.10 Å². The molecule has 2 heterocycles. The van der Waals surface area contributed by atoms with Gasteiger partial charge in [-0.25, -0.2) is 10.1 Å². The van der Waals surface area contributed by atoms with Crippen molar-refractivity contribution in [3.05, 3.63) is 35.2 Å². The summed E-state index contributed by atoms with van der Waals surface area (Å²) in [6.45, 7) is 1.57. The lowest BCUT2D eigenvalue weighted by Crippen LogP contribution is -2.22. The molecule has 0 aliphatic carbocycles. The fourth-order valence-electron chi connectivity index (χ4n) is 1.96. The van der Waals surface area contributed by atoms with Crippen molar-refractivity contribution in [1.82, 2.24) is 30.7 Å². The third-order valence-electron chi connectivity index (χ3n) is 3.13. The molecule has 1 amide bonds. The summed E-state index contributed by atoms with van der Waals surface area (Å²) in [6, 6.07) is 3.94. The summed E-state index contributed by atoms with van der Waals surface area (Å²) >= 11 is 0. The van der Waals surface area contributed by atoms with Crippen LogP contribution in [0.4, 0.5) is 5.82 Å². The number of nitrogen functional groups attached to an aromatic ring is 1. The van der Waals surface area contributed by atoms with Gasteiger partial charge < -0.3 is 15.9 Å². The number of carbonyl (C=O) groups excluding carboxylic acids is 1. The Kier molecular flexibility index (Phi) is 3.99. The molecule has 3 aromatic rings. The van der Waals surface area contributed by atoms with Crippen molar-refractivity contribution in [2.75, 3.05) is 5.73 Å². The van der Waals surface area contributed by atoms with Crippen molar-refractivity contribution in [3.8, 4) is 17.3 Å². The molecule has 12 nitrogen and oxygen atoms in total. The lowest BCUT2D eigenvalue weighted by molar-refractivity contribution is 0.0946. The standard InChI is InChI=1S/C13H12N8O4/c1-6-10(21(20-16-6)12-11(14)18-25-19-12)13(24)17-15-5-7-2-3-8(22)4-9(7)23/h2-5,22-23H,1H3,(H2,14,18)(H,17,24)/b15-5-. The van der Waals surface area contributed by atoms with E-state index in [1.807, 2.05) is 0 Å². The second-order valence-corrected chi connectivity index (χ2v) is 4.85. The zero-order chi connectivity index (χ0) is 18.0. The highest BCUT2D eigenvalue weighted by molar-refractivity contribution is 5.95. The molecule has 0 radical (unpaired) electrons. The number of hydrazone groups is 1. The fraction of sp³-hybridized carbons (Fsp3) is 0.0769. The Morgan fingerprint density at radius 3 is 2.88 bits per heavy atom. The lowest BCUT2D eigenvalue weighted by atomic mass is 10.2. The van der Waals surface area contributed by atoms with E-state index >= 15 is 0 Å². The van der Waals surface area contributed by atoms with Gasteiger partial charge in [0.05, 0.1) is 11.9 Å². The van der Waals surface area contributed by atoms with Crippen LogP contribution in [-0.4, -0.2) is 47.6 Å². The number of benzene rings is 1. The predicted octanol–water partition coefficient (Wildman–Crippen LogP) is -0.284. The number of aromatic nitrogens is 5. The van der Waals surface area contributed by atoms with Gasteiger partial charge in [-0.05, 0) is 29.4 Å². The Balaban J connectivity index is 1.81. The van der Waals surface area contributed by atoms with Crippen LogP contribution in [0.15, 0.2) is 27.9 Å². The first kappa shape index (κ1) is 15.9. The van der Waals surface area contributed by atoms with Gasteiger partial charge in [0.15, 0.2) is 5.69 Å². The van der Waals surface area contributed by atoms with Gasteiger partial charge >= 0.3 is 0 Å². The van der Waals surface area contributed by atoms with Crippen LogP contribution in [0, 0.1) is 6.92 Å². The molecule has 5 N–H and O–H groups in total. The maximum atomic E-state index is 12.3. The number of nitrogens with one attached hydrogen (secondary N) is 1. The van der Waals surface area contributed by atoms with Gasteiger partial charge in [0.25, 0.3) is 5.91 Å². The molecule has 2 aromatic heterocycles. The number of hydrogen-bond donors (Lipinski definition) is 4. The molecule has 0 spiro atoms. The third kappa shape index (κ3) is 3.08. The summed E-state index contributed by atoms with van der Waals surface area (Å²) in [5.74, 6) is -0.966. The fourth-order valence-corrected chi connectivity index (χ4v) is 1.96. The first-order chi connectivity index (χ1) is 12.0. The number of anilines is 1. The van der Waals surface area contributed by atoms with Crippen molar-refractivity contribution < 1.29 is 19.6 Å². The first-order valence-corrected chi connectivity index (χ1v) is 6.83. The van der Waals surface area contributed by atoms with Gasteiger partial charge in [-0.3, -0.25) is 4.79 Å². The number of phenols is 2. The molecule has 0 aliphatic heterocycles. The SMILES string of the molecule is Cc1nnn(-c2nonc2N)c1C(=O)N/N=C\c1ccc(O)cc1O. The topological polar surface area (TPSA) is 178 Å². The minimum atomic E-state index is -0.639. The van der Waals surface area contributed by atoms with Crippen LogP contribution >= 0.6 is 0 Å². The van der Waals surface area contributed by atoms with E-state index < -0.39 is 5.91 Å². The van der Waals surface area contributed by atoms with Gasteiger partial charge in [-0.15, -0.1) is 5.10 Å². The number of nitrogens with two attached hydrogens (primary N) is 1. The molecule has 0 bridgehead atoms. The van der Waals surface area contributed by atoms with E-state index in [-0.39, 0.29) is 28.8 Å². The number of aromatic hydroxyl groups is 2. The minimum absolute atomic E-state index is 0.0194. The Morgan fingerprint density at radius 1 is 1.40 bits per heavy atom. The Hall–Kier alpha value is -3.96. The number of phenolic OH excluding ortho intramolecular Hbond substituents is 2. The van der Waals surface area contributed by atoms with E-state index in [1.165, 1.54) is 18.3 Å². The van der Waals surface area contributed by atoms with Crippen LogP contribution in [0.2, 0.25) is 0 Å². The second kappa shape index (κ2) is 6.27. The number of nitrogens with zero attached hydrogens (tertiary/aromatic N) is 6. The quantitative estimate of drug-likeness (QED) is 0.366. The van der Waals surface area contributed by atoms with E-state index in [1.54, 1.807) is 6.92 Å². The molecule has 0 saturated heterocycles. The highest BCUT2D eigenvalue weighted by atomic mass is 16.6. The summed E-state index contributed by atoms with van der Waals surface area (Å²) in [5.41, 5.74) is 8.51. The van der Waals surface area contributed by atoms with E-state index in [2.05, 4.69) is 35.8 Å². The number of aryl methyl sites for hydroxylation is 1. The summed E-state index contributed by atoms with van der Waals surface area (Å²) in [6.07, 6.45) is 1.21. The van der Waals surface area contributed by atoms with E-state index in [9.17, 15) is 15.0 Å². The first-order valence-electron chi connectivity index (χ1n) is 6.83. The molecule has 0 unspecified atom stereocenters. The summed E-state index contributed by atoms with van der Waals surface area (Å²) < 4.78 is 5.56. The summed E-state index contributed by atoms with van der Waals surface area (Å²) in [4.78, 5) is 12.3. The molecule has 25 heavy (non-hydrogen) atoms. The molecule has 0 saturated carbocycles. The Morgan fingerprint density at radius 2 is 2.20 bits per heavy atom. The van der Waals surface area contributed by atoms with Gasteiger partial charge in [0, 0.05) is 11.6 Å². The maximum absolute atomic E-state index is 12.3. The molecule has 0 fully saturated rings. The highest BCUT2D eigenvalue weighted by Crippen LogP contribution is 2.20. The number of rotatable bonds is 4. The average Bonchev–Trinajstić information content (AvgIpc) is 3.14. The van der Waals surface area contributed by atoms with Crippen molar-refractivity contribution in [3.63, 3.8) is 0 Å². The Bertz CT molecular complexity index is 961. The van der Waals surface area contributed by atoms with Crippen LogP contribution in [0.25, 0.3) is 5.82 Å². The van der Waals surface area contributed by atoms with Crippen LogP contribution in [0.5, 0.6) is 11.5 Å². The van der Waals surface area contributed by atoms with Crippen LogP contribution < -0.4 is 11.2 Å². The molecule has 128 valence electrons. The average molecular weight is 344 g/mol. The number of carbonyl (C=O) groups is 1. The largest absolute Gasteiger partial charge is 0.508 e.